The molecule has 0 aliphatic carbocycles. The molecule has 92 valence electrons. The number of halogens is 1. The molecule has 0 aromatic heterocycles. The Labute approximate surface area is 116 Å². The highest BCUT2D eigenvalue weighted by molar-refractivity contribution is 7.98. The zero-order valence-corrected chi connectivity index (χ0v) is 11.4. The minimum Gasteiger partial charge on any atom is -0.493 e. The number of rotatable bonds is 3. The molecule has 0 spiro atoms. The average molecular weight is 277 g/mol. The van der Waals surface area contributed by atoms with Crippen molar-refractivity contribution in [1.82, 2.24) is 0 Å². The number of hydrogen-bond donors (Lipinski definition) is 0. The summed E-state index contributed by atoms with van der Waals surface area (Å²) < 4.78 is 5.57. The van der Waals surface area contributed by atoms with Crippen molar-refractivity contribution in [3.8, 4) is 5.75 Å². The summed E-state index contributed by atoms with van der Waals surface area (Å²) in [6.45, 7) is 0.772. The Morgan fingerprint density at radius 3 is 2.83 bits per heavy atom. The number of hydrogen-bond acceptors (Lipinski definition) is 2. The van der Waals surface area contributed by atoms with Crippen LogP contribution in [0.2, 0.25) is 5.02 Å². The third kappa shape index (κ3) is 2.50. The second kappa shape index (κ2) is 5.25. The first-order chi connectivity index (χ1) is 8.83. The van der Waals surface area contributed by atoms with Crippen molar-refractivity contribution in [1.29, 1.82) is 0 Å². The van der Waals surface area contributed by atoms with Crippen LogP contribution in [0.1, 0.15) is 11.1 Å². The van der Waals surface area contributed by atoms with Crippen molar-refractivity contribution in [2.24, 2.45) is 0 Å². The molecule has 0 fully saturated rings. The molecule has 0 bridgehead atoms. The van der Waals surface area contributed by atoms with Crippen LogP contribution < -0.4 is 4.74 Å². The van der Waals surface area contributed by atoms with E-state index < -0.39 is 0 Å². The van der Waals surface area contributed by atoms with E-state index in [4.69, 9.17) is 16.3 Å². The van der Waals surface area contributed by atoms with E-state index in [1.807, 2.05) is 30.0 Å². The number of thioether (sulfide) groups is 1. The minimum absolute atomic E-state index is 0.756. The largest absolute Gasteiger partial charge is 0.493 e. The summed E-state index contributed by atoms with van der Waals surface area (Å²) >= 11 is 7.95. The van der Waals surface area contributed by atoms with E-state index in [2.05, 4.69) is 24.3 Å². The lowest BCUT2D eigenvalue weighted by Crippen LogP contribution is -1.86. The van der Waals surface area contributed by atoms with Gasteiger partial charge in [-0.25, -0.2) is 0 Å². The van der Waals surface area contributed by atoms with E-state index in [1.54, 1.807) is 0 Å². The molecule has 3 rings (SSSR count). The summed E-state index contributed by atoms with van der Waals surface area (Å²) in [4.78, 5) is 1.25. The SMILES string of the molecule is Clc1cc2c(c(SCc3ccccc3)c1)CCO2. The van der Waals surface area contributed by atoms with Gasteiger partial charge in [-0.05, 0) is 17.7 Å². The summed E-state index contributed by atoms with van der Waals surface area (Å²) in [7, 11) is 0. The molecule has 1 nitrogen and oxygen atoms in total. The smallest absolute Gasteiger partial charge is 0.125 e. The predicted octanol–water partition coefficient (Wildman–Crippen LogP) is 4.57. The molecule has 0 saturated carbocycles. The molecular formula is C15H13ClOS. The van der Waals surface area contributed by atoms with E-state index in [0.29, 0.717) is 0 Å². The van der Waals surface area contributed by atoms with Crippen LogP contribution in [0.5, 0.6) is 5.75 Å². The third-order valence-corrected chi connectivity index (χ3v) is 4.35. The van der Waals surface area contributed by atoms with Crippen LogP contribution in [0.25, 0.3) is 0 Å². The van der Waals surface area contributed by atoms with Crippen LogP contribution >= 0.6 is 23.4 Å². The summed E-state index contributed by atoms with van der Waals surface area (Å²) in [6, 6.07) is 14.4. The first-order valence-corrected chi connectivity index (χ1v) is 7.31. The van der Waals surface area contributed by atoms with Gasteiger partial charge in [0.1, 0.15) is 5.75 Å². The Morgan fingerprint density at radius 2 is 2.00 bits per heavy atom. The maximum absolute atomic E-state index is 6.12. The summed E-state index contributed by atoms with van der Waals surface area (Å²) in [5.74, 6) is 1.92. The molecule has 1 aliphatic rings. The molecule has 2 aromatic carbocycles. The first-order valence-electron chi connectivity index (χ1n) is 5.95. The second-order valence-electron chi connectivity index (χ2n) is 4.25. The Kier molecular flexibility index (Phi) is 3.48. The lowest BCUT2D eigenvalue weighted by atomic mass is 10.2. The van der Waals surface area contributed by atoms with Gasteiger partial charge in [-0.2, -0.15) is 0 Å². The van der Waals surface area contributed by atoms with Crippen molar-refractivity contribution < 1.29 is 4.74 Å². The highest BCUT2D eigenvalue weighted by Gasteiger charge is 2.17. The molecule has 0 unspecified atom stereocenters. The first kappa shape index (κ1) is 11.9. The van der Waals surface area contributed by atoms with Crippen LogP contribution in [-0.2, 0) is 12.2 Å². The topological polar surface area (TPSA) is 9.23 Å². The highest BCUT2D eigenvalue weighted by atomic mass is 35.5. The second-order valence-corrected chi connectivity index (χ2v) is 5.71. The van der Waals surface area contributed by atoms with Crippen LogP contribution in [0.4, 0.5) is 0 Å². The molecule has 1 heterocycles. The lowest BCUT2D eigenvalue weighted by Gasteiger charge is -2.08. The molecule has 0 atom stereocenters. The van der Waals surface area contributed by atoms with E-state index in [1.165, 1.54) is 16.0 Å². The zero-order chi connectivity index (χ0) is 12.4. The van der Waals surface area contributed by atoms with E-state index in [9.17, 15) is 0 Å². The molecule has 0 N–H and O–H groups in total. The fourth-order valence-corrected chi connectivity index (χ4v) is 3.46. The van der Waals surface area contributed by atoms with Gasteiger partial charge in [0.25, 0.3) is 0 Å². The molecule has 1 aliphatic heterocycles. The van der Waals surface area contributed by atoms with Crippen molar-refractivity contribution in [3.63, 3.8) is 0 Å². The molecule has 2 aromatic rings. The zero-order valence-electron chi connectivity index (χ0n) is 9.86. The summed E-state index contributed by atoms with van der Waals surface area (Å²) in [5.41, 5.74) is 2.63. The lowest BCUT2D eigenvalue weighted by molar-refractivity contribution is 0.357. The highest BCUT2D eigenvalue weighted by Crippen LogP contribution is 2.38. The molecule has 0 saturated heterocycles. The van der Waals surface area contributed by atoms with E-state index >= 15 is 0 Å². The van der Waals surface area contributed by atoms with Gasteiger partial charge in [-0.3, -0.25) is 0 Å². The standard InChI is InChI=1S/C15H13ClOS/c16-12-8-14-13(6-7-17-14)15(9-12)18-10-11-4-2-1-3-5-11/h1-5,8-9H,6-7,10H2. The fraction of sp³-hybridized carbons (Fsp3) is 0.200. The van der Waals surface area contributed by atoms with Crippen molar-refractivity contribution in [3.05, 3.63) is 58.6 Å². The van der Waals surface area contributed by atoms with Crippen LogP contribution in [0, 0.1) is 0 Å². The molecule has 3 heteroatoms. The Morgan fingerprint density at radius 1 is 1.17 bits per heavy atom. The monoisotopic (exact) mass is 276 g/mol. The quantitative estimate of drug-likeness (QED) is 0.760. The maximum Gasteiger partial charge on any atom is 0.125 e. The molecule has 18 heavy (non-hydrogen) atoms. The van der Waals surface area contributed by atoms with E-state index in [0.717, 1.165) is 29.6 Å². The fourth-order valence-electron chi connectivity index (χ4n) is 2.09. The van der Waals surface area contributed by atoms with Gasteiger partial charge in [0.15, 0.2) is 0 Å². The van der Waals surface area contributed by atoms with Gasteiger partial charge in [0.05, 0.1) is 6.61 Å². The minimum atomic E-state index is 0.756. The summed E-state index contributed by atoms with van der Waals surface area (Å²) in [5, 5.41) is 0.756. The van der Waals surface area contributed by atoms with Crippen LogP contribution in [0.3, 0.4) is 0 Å². The number of benzene rings is 2. The van der Waals surface area contributed by atoms with Gasteiger partial charge >= 0.3 is 0 Å². The van der Waals surface area contributed by atoms with Gasteiger partial charge in [0.2, 0.25) is 0 Å². The Hall–Kier alpha value is -1.12. The van der Waals surface area contributed by atoms with Crippen molar-refractivity contribution >= 4 is 23.4 Å². The molecule has 0 radical (unpaired) electrons. The number of ether oxygens (including phenoxy) is 1. The Bertz CT molecular complexity index is 554. The molecule has 0 amide bonds. The van der Waals surface area contributed by atoms with Crippen LogP contribution in [-0.4, -0.2) is 6.61 Å². The Balaban J connectivity index is 1.81. The van der Waals surface area contributed by atoms with E-state index in [-0.39, 0.29) is 0 Å². The predicted molar refractivity (Wildman–Crippen MR) is 76.7 cm³/mol. The van der Waals surface area contributed by atoms with Gasteiger partial charge in [0, 0.05) is 27.7 Å². The van der Waals surface area contributed by atoms with Gasteiger partial charge in [-0.15, -0.1) is 11.8 Å². The van der Waals surface area contributed by atoms with Crippen LogP contribution in [0.15, 0.2) is 47.4 Å². The van der Waals surface area contributed by atoms with Gasteiger partial charge < -0.3 is 4.74 Å². The average Bonchev–Trinajstić information content (AvgIpc) is 2.85. The van der Waals surface area contributed by atoms with Gasteiger partial charge in [-0.1, -0.05) is 41.9 Å². The maximum atomic E-state index is 6.12. The number of fused-ring (bicyclic) bond motifs is 1. The molecular weight excluding hydrogens is 264 g/mol. The normalized spacial score (nSPS) is 13.2. The van der Waals surface area contributed by atoms with Crippen molar-refractivity contribution in [2.45, 2.75) is 17.1 Å². The van der Waals surface area contributed by atoms with Crippen molar-refractivity contribution in [2.75, 3.05) is 6.61 Å². The summed E-state index contributed by atoms with van der Waals surface area (Å²) in [6.07, 6.45) is 0.990. The third-order valence-electron chi connectivity index (χ3n) is 2.98.